The van der Waals surface area contributed by atoms with Gasteiger partial charge in [-0.3, -0.25) is 0 Å². The Hall–Kier alpha value is -1.25. The third kappa shape index (κ3) is 3.50. The van der Waals surface area contributed by atoms with E-state index in [2.05, 4.69) is 74.9 Å². The lowest BCUT2D eigenvalue weighted by atomic mass is 9.91. The fourth-order valence-electron chi connectivity index (χ4n) is 2.84. The highest BCUT2D eigenvalue weighted by molar-refractivity contribution is 7.98. The second-order valence-electron chi connectivity index (χ2n) is 5.20. The summed E-state index contributed by atoms with van der Waals surface area (Å²) in [7, 11) is 2.06. The zero-order chi connectivity index (χ0) is 15.2. The minimum Gasteiger partial charge on any atom is -0.309 e. The smallest absolute Gasteiger partial charge is 0.0588 e. The van der Waals surface area contributed by atoms with Crippen LogP contribution >= 0.6 is 11.8 Å². The van der Waals surface area contributed by atoms with Gasteiger partial charge in [0.25, 0.3) is 0 Å². The predicted octanol–water partition coefficient (Wildman–Crippen LogP) is 4.84. The van der Waals surface area contributed by atoms with Crippen LogP contribution in [0.1, 0.15) is 42.1 Å². The van der Waals surface area contributed by atoms with Gasteiger partial charge in [0.05, 0.1) is 6.04 Å². The Morgan fingerprint density at radius 1 is 1.00 bits per heavy atom. The van der Waals surface area contributed by atoms with E-state index in [1.807, 2.05) is 11.8 Å². The van der Waals surface area contributed by atoms with Gasteiger partial charge in [0, 0.05) is 4.90 Å². The number of aryl methyl sites for hydroxylation is 2. The van der Waals surface area contributed by atoms with Gasteiger partial charge in [0.15, 0.2) is 0 Å². The Morgan fingerprint density at radius 3 is 2.38 bits per heavy atom. The standard InChI is InChI=1S/C19H25NS/c1-5-14-11-12-15(6-2)17(13-14)19(20-3)16-9-7-8-10-18(16)21-4/h7-13,19-20H,5-6H2,1-4H3. The lowest BCUT2D eigenvalue weighted by molar-refractivity contribution is 0.672. The van der Waals surface area contributed by atoms with Crippen LogP contribution in [-0.2, 0) is 12.8 Å². The first-order chi connectivity index (χ1) is 10.2. The van der Waals surface area contributed by atoms with Crippen molar-refractivity contribution in [1.29, 1.82) is 0 Å². The molecule has 0 aromatic heterocycles. The molecule has 0 radical (unpaired) electrons. The first-order valence-electron chi connectivity index (χ1n) is 7.67. The normalized spacial score (nSPS) is 12.4. The van der Waals surface area contributed by atoms with Crippen molar-refractivity contribution in [3.05, 3.63) is 64.7 Å². The van der Waals surface area contributed by atoms with Crippen molar-refractivity contribution in [3.8, 4) is 0 Å². The van der Waals surface area contributed by atoms with Gasteiger partial charge in [-0.05, 0) is 54.5 Å². The Bertz CT molecular complexity index is 592. The Balaban J connectivity index is 2.55. The van der Waals surface area contributed by atoms with Crippen LogP contribution in [0.3, 0.4) is 0 Å². The fourth-order valence-corrected chi connectivity index (χ4v) is 3.47. The molecule has 1 unspecified atom stereocenters. The number of nitrogens with one attached hydrogen (secondary N) is 1. The molecule has 2 rings (SSSR count). The molecule has 1 atom stereocenters. The van der Waals surface area contributed by atoms with E-state index in [0.29, 0.717) is 0 Å². The summed E-state index contributed by atoms with van der Waals surface area (Å²) >= 11 is 1.82. The SMILES string of the molecule is CCc1ccc(CC)c(C(NC)c2ccccc2SC)c1. The zero-order valence-electron chi connectivity index (χ0n) is 13.4. The van der Waals surface area contributed by atoms with Crippen LogP contribution in [-0.4, -0.2) is 13.3 Å². The summed E-state index contributed by atoms with van der Waals surface area (Å²) in [6, 6.07) is 15.9. The summed E-state index contributed by atoms with van der Waals surface area (Å²) < 4.78 is 0. The molecule has 21 heavy (non-hydrogen) atoms. The molecule has 1 nitrogen and oxygen atoms in total. The molecule has 0 aliphatic rings. The van der Waals surface area contributed by atoms with E-state index in [-0.39, 0.29) is 6.04 Å². The van der Waals surface area contributed by atoms with Gasteiger partial charge in [-0.25, -0.2) is 0 Å². The summed E-state index contributed by atoms with van der Waals surface area (Å²) in [5.74, 6) is 0. The van der Waals surface area contributed by atoms with Crippen LogP contribution in [0.2, 0.25) is 0 Å². The van der Waals surface area contributed by atoms with E-state index in [4.69, 9.17) is 0 Å². The minimum absolute atomic E-state index is 0.259. The zero-order valence-corrected chi connectivity index (χ0v) is 14.3. The maximum absolute atomic E-state index is 3.52. The third-order valence-electron chi connectivity index (χ3n) is 4.05. The largest absolute Gasteiger partial charge is 0.309 e. The quantitative estimate of drug-likeness (QED) is 0.766. The average molecular weight is 299 g/mol. The second-order valence-corrected chi connectivity index (χ2v) is 6.05. The van der Waals surface area contributed by atoms with E-state index >= 15 is 0 Å². The van der Waals surface area contributed by atoms with Crippen molar-refractivity contribution in [2.75, 3.05) is 13.3 Å². The van der Waals surface area contributed by atoms with Gasteiger partial charge in [0.1, 0.15) is 0 Å². The molecule has 0 saturated carbocycles. The van der Waals surface area contributed by atoms with Crippen molar-refractivity contribution in [3.63, 3.8) is 0 Å². The van der Waals surface area contributed by atoms with E-state index in [0.717, 1.165) is 12.8 Å². The molecule has 0 aliphatic heterocycles. The summed E-state index contributed by atoms with van der Waals surface area (Å²) in [5, 5.41) is 3.52. The van der Waals surface area contributed by atoms with Gasteiger partial charge in [-0.1, -0.05) is 50.2 Å². The van der Waals surface area contributed by atoms with Crippen LogP contribution in [0, 0.1) is 0 Å². The predicted molar refractivity (Wildman–Crippen MR) is 94.3 cm³/mol. The molecule has 0 saturated heterocycles. The van der Waals surface area contributed by atoms with Crippen LogP contribution in [0.15, 0.2) is 47.4 Å². The Kier molecular flexibility index (Phi) is 5.89. The van der Waals surface area contributed by atoms with Crippen LogP contribution in [0.5, 0.6) is 0 Å². The first kappa shape index (κ1) is 16.1. The second kappa shape index (κ2) is 7.67. The van der Waals surface area contributed by atoms with Crippen molar-refractivity contribution >= 4 is 11.8 Å². The molecule has 0 spiro atoms. The van der Waals surface area contributed by atoms with E-state index in [1.54, 1.807) is 0 Å². The molecule has 2 heteroatoms. The minimum atomic E-state index is 0.259. The molecule has 112 valence electrons. The third-order valence-corrected chi connectivity index (χ3v) is 4.86. The van der Waals surface area contributed by atoms with E-state index in [9.17, 15) is 0 Å². The molecule has 0 aliphatic carbocycles. The fraction of sp³-hybridized carbons (Fsp3) is 0.368. The summed E-state index contributed by atoms with van der Waals surface area (Å²) in [6.45, 7) is 4.45. The molecule has 0 fully saturated rings. The number of hydrogen-bond acceptors (Lipinski definition) is 2. The van der Waals surface area contributed by atoms with Gasteiger partial charge < -0.3 is 5.32 Å². The molecular weight excluding hydrogens is 274 g/mol. The molecule has 0 heterocycles. The maximum atomic E-state index is 3.52. The number of benzene rings is 2. The Labute approximate surface area is 133 Å². The molecule has 1 N–H and O–H groups in total. The summed E-state index contributed by atoms with van der Waals surface area (Å²) in [4.78, 5) is 1.35. The molecular formula is C19H25NS. The molecule has 2 aromatic carbocycles. The highest BCUT2D eigenvalue weighted by Crippen LogP contribution is 2.32. The molecule has 2 aromatic rings. The summed E-state index contributed by atoms with van der Waals surface area (Å²) in [5.41, 5.74) is 5.63. The lowest BCUT2D eigenvalue weighted by Crippen LogP contribution is -2.20. The van der Waals surface area contributed by atoms with E-state index in [1.165, 1.54) is 27.1 Å². The van der Waals surface area contributed by atoms with Gasteiger partial charge in [-0.15, -0.1) is 11.8 Å². The highest BCUT2D eigenvalue weighted by Gasteiger charge is 2.18. The first-order valence-corrected chi connectivity index (χ1v) is 8.89. The van der Waals surface area contributed by atoms with Crippen molar-refractivity contribution in [2.24, 2.45) is 0 Å². The van der Waals surface area contributed by atoms with E-state index < -0.39 is 0 Å². The molecule has 0 amide bonds. The number of hydrogen-bond donors (Lipinski definition) is 1. The Morgan fingerprint density at radius 2 is 1.76 bits per heavy atom. The average Bonchev–Trinajstić information content (AvgIpc) is 2.55. The lowest BCUT2D eigenvalue weighted by Gasteiger charge is -2.23. The number of rotatable bonds is 6. The van der Waals surface area contributed by atoms with Crippen molar-refractivity contribution < 1.29 is 0 Å². The van der Waals surface area contributed by atoms with Crippen molar-refractivity contribution in [1.82, 2.24) is 5.32 Å². The van der Waals surface area contributed by atoms with Gasteiger partial charge in [-0.2, -0.15) is 0 Å². The topological polar surface area (TPSA) is 12.0 Å². The van der Waals surface area contributed by atoms with Crippen molar-refractivity contribution in [2.45, 2.75) is 37.6 Å². The summed E-state index contributed by atoms with van der Waals surface area (Å²) in [6.07, 6.45) is 4.30. The molecule has 0 bridgehead atoms. The maximum Gasteiger partial charge on any atom is 0.0588 e. The van der Waals surface area contributed by atoms with Crippen LogP contribution in [0.25, 0.3) is 0 Å². The van der Waals surface area contributed by atoms with Gasteiger partial charge >= 0.3 is 0 Å². The highest BCUT2D eigenvalue weighted by atomic mass is 32.2. The van der Waals surface area contributed by atoms with Crippen LogP contribution < -0.4 is 5.32 Å². The number of thioether (sulfide) groups is 1. The monoisotopic (exact) mass is 299 g/mol. The van der Waals surface area contributed by atoms with Gasteiger partial charge in [0.2, 0.25) is 0 Å². The van der Waals surface area contributed by atoms with Crippen LogP contribution in [0.4, 0.5) is 0 Å².